The standard InChI is InChI=1S/C35H42Cl2N4O5.H2O/c1-34(2,3)46-33(44)38-18-10-7-11-19-39-35(26-12-8-9-13-28(26)37)27-21-25(36)16-17-29(27)41(32(35)43)22-24-15-14-23(20-30(24)45-6)31(42)40(4)5;/h8-9,12-17,20-21,39H,7,10-11,18-19,22H2,1-6H3,(H,38,44);1H2. The Morgan fingerprint density at radius 1 is 0.936 bits per heavy atom. The third-order valence-corrected chi connectivity index (χ3v) is 8.24. The molecule has 0 bridgehead atoms. The molecular weight excluding hydrogens is 643 g/mol. The van der Waals surface area contributed by atoms with E-state index in [1.807, 2.05) is 57.2 Å². The van der Waals surface area contributed by atoms with Gasteiger partial charge in [-0.25, -0.2) is 4.79 Å². The number of anilines is 1. The van der Waals surface area contributed by atoms with E-state index in [2.05, 4.69) is 10.6 Å². The second kappa shape index (κ2) is 15.8. The largest absolute Gasteiger partial charge is 0.496 e. The maximum absolute atomic E-state index is 14.8. The molecule has 3 aromatic carbocycles. The summed E-state index contributed by atoms with van der Waals surface area (Å²) in [5.41, 5.74) is 1.38. The number of nitrogens with zero attached hydrogens (tertiary/aromatic N) is 2. The summed E-state index contributed by atoms with van der Waals surface area (Å²) in [5.74, 6) is 0.142. The summed E-state index contributed by atoms with van der Waals surface area (Å²) in [6.07, 6.45) is 1.84. The average Bonchev–Trinajstić information content (AvgIpc) is 3.22. The van der Waals surface area contributed by atoms with E-state index < -0.39 is 17.2 Å². The first kappa shape index (κ1) is 37.6. The monoisotopic (exact) mass is 686 g/mol. The zero-order chi connectivity index (χ0) is 33.6. The Hall–Kier alpha value is -3.83. The van der Waals surface area contributed by atoms with Gasteiger partial charge in [-0.1, -0.05) is 53.9 Å². The lowest BCUT2D eigenvalue weighted by atomic mass is 9.83. The van der Waals surface area contributed by atoms with Crippen molar-refractivity contribution in [2.45, 2.75) is 57.7 Å². The Balaban J connectivity index is 0.00000600. The molecule has 0 spiro atoms. The lowest BCUT2D eigenvalue weighted by molar-refractivity contribution is -0.123. The zero-order valence-corrected chi connectivity index (χ0v) is 29.2. The van der Waals surface area contributed by atoms with Gasteiger partial charge >= 0.3 is 6.09 Å². The fourth-order valence-electron chi connectivity index (χ4n) is 5.56. The minimum atomic E-state index is -1.30. The normalized spacial score (nSPS) is 15.5. The van der Waals surface area contributed by atoms with Crippen LogP contribution in [0.5, 0.6) is 5.75 Å². The fraction of sp³-hybridized carbons (Fsp3) is 0.400. The molecule has 10 nitrogen and oxygen atoms in total. The van der Waals surface area contributed by atoms with E-state index in [0.29, 0.717) is 51.3 Å². The van der Waals surface area contributed by atoms with E-state index in [0.717, 1.165) is 24.8 Å². The van der Waals surface area contributed by atoms with Gasteiger partial charge in [0.15, 0.2) is 5.54 Å². The number of hydrogen-bond donors (Lipinski definition) is 2. The first-order chi connectivity index (χ1) is 21.8. The lowest BCUT2D eigenvalue weighted by Crippen LogP contribution is -2.52. The number of benzene rings is 3. The van der Waals surface area contributed by atoms with Gasteiger partial charge in [0.25, 0.3) is 11.8 Å². The van der Waals surface area contributed by atoms with E-state index in [-0.39, 0.29) is 23.8 Å². The SMILES string of the molecule is COc1cc(C(=O)N(C)C)ccc1CN1C(=O)C(NCCCCCNC(=O)OC(C)(C)C)(c2ccccc2Cl)c2cc(Cl)ccc21.O. The summed E-state index contributed by atoms with van der Waals surface area (Å²) in [4.78, 5) is 42.6. The summed E-state index contributed by atoms with van der Waals surface area (Å²) in [6.45, 7) is 6.64. The van der Waals surface area contributed by atoms with Crippen LogP contribution in [0.4, 0.5) is 10.5 Å². The van der Waals surface area contributed by atoms with Gasteiger partial charge in [0.05, 0.1) is 19.3 Å². The van der Waals surface area contributed by atoms with Crippen LogP contribution in [-0.2, 0) is 21.6 Å². The molecule has 0 fully saturated rings. The topological polar surface area (TPSA) is 132 Å². The molecule has 0 saturated heterocycles. The van der Waals surface area contributed by atoms with Gasteiger partial charge in [-0.3, -0.25) is 14.9 Å². The van der Waals surface area contributed by atoms with Gasteiger partial charge in [0.2, 0.25) is 0 Å². The number of methoxy groups -OCH3 is 1. The Morgan fingerprint density at radius 3 is 2.30 bits per heavy atom. The molecule has 1 unspecified atom stereocenters. The van der Waals surface area contributed by atoms with Crippen LogP contribution in [0.15, 0.2) is 60.7 Å². The molecule has 12 heteroatoms. The molecule has 4 N–H and O–H groups in total. The van der Waals surface area contributed by atoms with Crippen LogP contribution in [0, 0.1) is 0 Å². The van der Waals surface area contributed by atoms with Gasteiger partial charge in [-0.15, -0.1) is 0 Å². The van der Waals surface area contributed by atoms with Crippen molar-refractivity contribution in [3.63, 3.8) is 0 Å². The van der Waals surface area contributed by atoms with Crippen LogP contribution in [0.2, 0.25) is 10.0 Å². The van der Waals surface area contributed by atoms with Crippen molar-refractivity contribution in [1.82, 2.24) is 15.5 Å². The van der Waals surface area contributed by atoms with Gasteiger partial charge in [0, 0.05) is 52.9 Å². The highest BCUT2D eigenvalue weighted by Gasteiger charge is 2.53. The van der Waals surface area contributed by atoms with E-state index in [1.165, 1.54) is 4.90 Å². The van der Waals surface area contributed by atoms with Gasteiger partial charge < -0.3 is 30.1 Å². The predicted molar refractivity (Wildman–Crippen MR) is 186 cm³/mol. The molecular formula is C35H44Cl2N4O6. The fourth-order valence-corrected chi connectivity index (χ4v) is 6.01. The van der Waals surface area contributed by atoms with Crippen LogP contribution in [0.3, 0.4) is 0 Å². The third kappa shape index (κ3) is 8.56. The molecule has 4 rings (SSSR count). The highest BCUT2D eigenvalue weighted by molar-refractivity contribution is 6.32. The number of halogens is 2. The number of ether oxygens (including phenoxy) is 2. The second-order valence-corrected chi connectivity index (χ2v) is 13.3. The number of hydrogen-bond acceptors (Lipinski definition) is 6. The second-order valence-electron chi connectivity index (χ2n) is 12.4. The molecule has 0 radical (unpaired) electrons. The van der Waals surface area contributed by atoms with Crippen molar-refractivity contribution in [3.8, 4) is 5.75 Å². The summed E-state index contributed by atoms with van der Waals surface area (Å²) in [7, 11) is 4.92. The number of carbonyl (C=O) groups excluding carboxylic acids is 3. The Labute approximate surface area is 286 Å². The van der Waals surface area contributed by atoms with Crippen molar-refractivity contribution >= 4 is 46.8 Å². The smallest absolute Gasteiger partial charge is 0.407 e. The summed E-state index contributed by atoms with van der Waals surface area (Å²) in [5, 5.41) is 7.29. The first-order valence-corrected chi connectivity index (χ1v) is 16.0. The number of fused-ring (bicyclic) bond motifs is 1. The molecule has 0 aromatic heterocycles. The molecule has 3 aromatic rings. The Morgan fingerprint density at radius 2 is 1.64 bits per heavy atom. The quantitative estimate of drug-likeness (QED) is 0.226. The zero-order valence-electron chi connectivity index (χ0n) is 27.7. The van der Waals surface area contributed by atoms with E-state index in [9.17, 15) is 14.4 Å². The lowest BCUT2D eigenvalue weighted by Gasteiger charge is -2.32. The highest BCUT2D eigenvalue weighted by atomic mass is 35.5. The molecule has 1 heterocycles. The molecule has 1 atom stereocenters. The molecule has 3 amide bonds. The summed E-state index contributed by atoms with van der Waals surface area (Å²) in [6, 6.07) is 18.0. The maximum Gasteiger partial charge on any atom is 0.407 e. The maximum atomic E-state index is 14.8. The highest BCUT2D eigenvalue weighted by Crippen LogP contribution is 2.48. The molecule has 254 valence electrons. The Kier molecular flexibility index (Phi) is 12.7. The van der Waals surface area contributed by atoms with Gasteiger partial charge in [-0.05, 0) is 76.6 Å². The van der Waals surface area contributed by atoms with Gasteiger partial charge in [0.1, 0.15) is 11.4 Å². The first-order valence-electron chi connectivity index (χ1n) is 15.3. The number of nitrogens with one attached hydrogen (secondary N) is 2. The Bertz CT molecular complexity index is 1590. The van der Waals surface area contributed by atoms with E-state index >= 15 is 0 Å². The van der Waals surface area contributed by atoms with Crippen molar-refractivity contribution in [3.05, 3.63) is 93.0 Å². The van der Waals surface area contributed by atoms with Crippen molar-refractivity contribution in [2.24, 2.45) is 0 Å². The van der Waals surface area contributed by atoms with Crippen LogP contribution >= 0.6 is 23.2 Å². The minimum Gasteiger partial charge on any atom is -0.496 e. The minimum absolute atomic E-state index is 0. The molecule has 0 aliphatic carbocycles. The number of alkyl carbamates (subject to hydrolysis) is 1. The van der Waals surface area contributed by atoms with Crippen LogP contribution in [0.1, 0.15) is 67.1 Å². The molecule has 47 heavy (non-hydrogen) atoms. The van der Waals surface area contributed by atoms with Gasteiger partial charge in [-0.2, -0.15) is 0 Å². The number of rotatable bonds is 12. The number of carbonyl (C=O) groups is 3. The van der Waals surface area contributed by atoms with Crippen molar-refractivity contribution in [1.29, 1.82) is 0 Å². The third-order valence-electron chi connectivity index (χ3n) is 7.68. The average molecular weight is 688 g/mol. The molecule has 0 saturated carbocycles. The molecule has 1 aliphatic heterocycles. The van der Waals surface area contributed by atoms with Crippen molar-refractivity contribution in [2.75, 3.05) is 39.2 Å². The predicted octanol–water partition coefficient (Wildman–Crippen LogP) is 5.95. The summed E-state index contributed by atoms with van der Waals surface area (Å²) < 4.78 is 11.0. The molecule has 1 aliphatic rings. The number of unbranched alkanes of at least 4 members (excludes halogenated alkanes) is 2. The van der Waals surface area contributed by atoms with Crippen LogP contribution in [0.25, 0.3) is 0 Å². The van der Waals surface area contributed by atoms with E-state index in [1.54, 1.807) is 50.4 Å². The van der Waals surface area contributed by atoms with Crippen LogP contribution < -0.4 is 20.3 Å². The summed E-state index contributed by atoms with van der Waals surface area (Å²) >= 11 is 13.3. The van der Waals surface area contributed by atoms with Crippen molar-refractivity contribution < 1.29 is 29.3 Å². The van der Waals surface area contributed by atoms with E-state index in [4.69, 9.17) is 32.7 Å². The van der Waals surface area contributed by atoms with Crippen LogP contribution in [-0.4, -0.2) is 68.2 Å². The number of amides is 3.